The lowest BCUT2D eigenvalue weighted by Crippen LogP contribution is -2.14. The van der Waals surface area contributed by atoms with Crippen LogP contribution in [0.3, 0.4) is 0 Å². The molecule has 0 aliphatic heterocycles. The number of alkyl halides is 3. The van der Waals surface area contributed by atoms with Crippen LogP contribution in [0.4, 0.5) is 18.9 Å². The first-order valence-electron chi connectivity index (χ1n) is 13.2. The highest BCUT2D eigenvalue weighted by Gasteiger charge is 2.30. The minimum atomic E-state index is -4.59. The first-order valence-corrected chi connectivity index (χ1v) is 14.0. The molecule has 1 N–H and O–H groups in total. The van der Waals surface area contributed by atoms with E-state index in [-0.39, 0.29) is 33.7 Å². The van der Waals surface area contributed by atoms with Crippen molar-refractivity contribution in [2.24, 2.45) is 0 Å². The lowest BCUT2D eigenvalue weighted by atomic mass is 10.1. The van der Waals surface area contributed by atoms with E-state index in [9.17, 15) is 23.2 Å². The number of halogens is 5. The fourth-order valence-electron chi connectivity index (χ4n) is 4.01. The number of nitriles is 1. The zero-order valence-electron chi connectivity index (χ0n) is 23.3. The SMILES string of the molecule is CCOc1cc(COc2c(Cl)cc(/C=C(\C#N)C(=O)Nc3cccc(C(F)(F)F)c3)cc2Cl)ccc1OCc1ccccc1. The van der Waals surface area contributed by atoms with Gasteiger partial charge in [0.2, 0.25) is 0 Å². The lowest BCUT2D eigenvalue weighted by molar-refractivity contribution is -0.137. The van der Waals surface area contributed by atoms with Crippen molar-refractivity contribution in [3.8, 4) is 23.3 Å². The van der Waals surface area contributed by atoms with Crippen LogP contribution in [-0.4, -0.2) is 12.5 Å². The molecule has 0 bridgehead atoms. The van der Waals surface area contributed by atoms with Crippen molar-refractivity contribution < 1.29 is 32.2 Å². The molecule has 4 aromatic rings. The molecular formula is C33H25Cl2F3N2O4. The van der Waals surface area contributed by atoms with E-state index >= 15 is 0 Å². The Morgan fingerprint density at radius 1 is 0.864 bits per heavy atom. The molecular weight excluding hydrogens is 616 g/mol. The average Bonchev–Trinajstić information content (AvgIpc) is 2.99. The van der Waals surface area contributed by atoms with Crippen LogP contribution >= 0.6 is 23.2 Å². The number of amides is 1. The predicted molar refractivity (Wildman–Crippen MR) is 163 cm³/mol. The van der Waals surface area contributed by atoms with Crippen LogP contribution in [0.25, 0.3) is 6.08 Å². The molecule has 0 saturated heterocycles. The molecule has 0 aliphatic rings. The second kappa shape index (κ2) is 14.7. The summed E-state index contributed by atoms with van der Waals surface area (Å²) < 4.78 is 56.6. The van der Waals surface area contributed by atoms with E-state index in [1.165, 1.54) is 24.3 Å². The van der Waals surface area contributed by atoms with Crippen molar-refractivity contribution in [3.63, 3.8) is 0 Å². The smallest absolute Gasteiger partial charge is 0.416 e. The van der Waals surface area contributed by atoms with Gasteiger partial charge in [-0.2, -0.15) is 18.4 Å². The van der Waals surface area contributed by atoms with Gasteiger partial charge in [-0.15, -0.1) is 0 Å². The fraction of sp³-hybridized carbons (Fsp3) is 0.152. The Labute approximate surface area is 262 Å². The number of carbonyl (C=O) groups excluding carboxylic acids is 1. The maximum Gasteiger partial charge on any atom is 0.416 e. The second-order valence-corrected chi connectivity index (χ2v) is 10.1. The van der Waals surface area contributed by atoms with Gasteiger partial charge in [0.25, 0.3) is 5.91 Å². The number of nitrogens with zero attached hydrogens (tertiary/aromatic N) is 1. The van der Waals surface area contributed by atoms with Gasteiger partial charge < -0.3 is 19.5 Å². The van der Waals surface area contributed by atoms with Crippen molar-refractivity contribution >= 4 is 40.9 Å². The van der Waals surface area contributed by atoms with Crippen LogP contribution in [0.2, 0.25) is 10.0 Å². The number of anilines is 1. The quantitative estimate of drug-likeness (QED) is 0.131. The molecule has 0 radical (unpaired) electrons. The van der Waals surface area contributed by atoms with Gasteiger partial charge in [-0.25, -0.2) is 0 Å². The van der Waals surface area contributed by atoms with Crippen molar-refractivity contribution in [2.45, 2.75) is 26.3 Å². The summed E-state index contributed by atoms with van der Waals surface area (Å²) in [5.74, 6) is 0.409. The summed E-state index contributed by atoms with van der Waals surface area (Å²) in [5, 5.41) is 12.1. The second-order valence-electron chi connectivity index (χ2n) is 9.29. The van der Waals surface area contributed by atoms with Crippen LogP contribution in [0.1, 0.15) is 29.2 Å². The third-order valence-electron chi connectivity index (χ3n) is 6.07. The van der Waals surface area contributed by atoms with Crippen molar-refractivity contribution in [1.82, 2.24) is 0 Å². The highest BCUT2D eigenvalue weighted by atomic mass is 35.5. The lowest BCUT2D eigenvalue weighted by Gasteiger charge is -2.15. The Hall–Kier alpha value is -4.65. The third-order valence-corrected chi connectivity index (χ3v) is 6.63. The fourth-order valence-corrected chi connectivity index (χ4v) is 4.62. The summed E-state index contributed by atoms with van der Waals surface area (Å²) in [7, 11) is 0. The summed E-state index contributed by atoms with van der Waals surface area (Å²) in [6, 6.07) is 23.9. The highest BCUT2D eigenvalue weighted by molar-refractivity contribution is 6.37. The molecule has 0 atom stereocenters. The van der Waals surface area contributed by atoms with Crippen LogP contribution in [-0.2, 0) is 24.2 Å². The number of rotatable bonds is 11. The molecule has 4 aromatic carbocycles. The van der Waals surface area contributed by atoms with E-state index in [1.807, 2.05) is 43.3 Å². The molecule has 0 heterocycles. The Morgan fingerprint density at radius 2 is 1.57 bits per heavy atom. The zero-order valence-corrected chi connectivity index (χ0v) is 24.8. The number of ether oxygens (including phenoxy) is 3. The van der Waals surface area contributed by atoms with E-state index in [4.69, 9.17) is 37.4 Å². The molecule has 0 spiro atoms. The molecule has 0 unspecified atom stereocenters. The van der Waals surface area contributed by atoms with Gasteiger partial charge in [0.1, 0.15) is 24.9 Å². The number of hydrogen-bond acceptors (Lipinski definition) is 5. The van der Waals surface area contributed by atoms with Gasteiger partial charge in [-0.1, -0.05) is 65.7 Å². The normalized spacial score (nSPS) is 11.4. The van der Waals surface area contributed by atoms with Gasteiger partial charge >= 0.3 is 6.18 Å². The Bertz CT molecular complexity index is 1680. The van der Waals surface area contributed by atoms with E-state index in [0.717, 1.165) is 29.3 Å². The molecule has 4 rings (SSSR count). The van der Waals surface area contributed by atoms with E-state index < -0.39 is 17.6 Å². The van der Waals surface area contributed by atoms with Crippen molar-refractivity contribution in [2.75, 3.05) is 11.9 Å². The van der Waals surface area contributed by atoms with Gasteiger partial charge in [0.05, 0.1) is 22.2 Å². The first kappa shape index (κ1) is 32.3. The minimum Gasteiger partial charge on any atom is -0.490 e. The first-order chi connectivity index (χ1) is 21.1. The molecule has 0 aliphatic carbocycles. The monoisotopic (exact) mass is 640 g/mol. The number of carbonyl (C=O) groups is 1. The predicted octanol–water partition coefficient (Wildman–Crippen LogP) is 9.11. The summed E-state index contributed by atoms with van der Waals surface area (Å²) in [6.45, 7) is 2.77. The zero-order chi connectivity index (χ0) is 31.7. The summed E-state index contributed by atoms with van der Waals surface area (Å²) in [5.41, 5.74) is 0.656. The van der Waals surface area contributed by atoms with Gasteiger partial charge in [0.15, 0.2) is 17.2 Å². The van der Waals surface area contributed by atoms with Gasteiger partial charge in [0, 0.05) is 5.69 Å². The van der Waals surface area contributed by atoms with Crippen LogP contribution in [0, 0.1) is 11.3 Å². The summed E-state index contributed by atoms with van der Waals surface area (Å²) >= 11 is 12.9. The maximum absolute atomic E-state index is 13.0. The molecule has 11 heteroatoms. The molecule has 226 valence electrons. The molecule has 44 heavy (non-hydrogen) atoms. The molecule has 0 saturated carbocycles. The maximum atomic E-state index is 13.0. The summed E-state index contributed by atoms with van der Waals surface area (Å²) in [6.07, 6.45) is -3.37. The number of hydrogen-bond donors (Lipinski definition) is 1. The van der Waals surface area contributed by atoms with E-state index in [1.54, 1.807) is 18.2 Å². The van der Waals surface area contributed by atoms with Gasteiger partial charge in [-0.3, -0.25) is 4.79 Å². The largest absolute Gasteiger partial charge is 0.490 e. The number of nitrogens with one attached hydrogen (secondary N) is 1. The topological polar surface area (TPSA) is 80.6 Å². The van der Waals surface area contributed by atoms with E-state index in [0.29, 0.717) is 30.3 Å². The molecule has 6 nitrogen and oxygen atoms in total. The van der Waals surface area contributed by atoms with Crippen molar-refractivity contribution in [1.29, 1.82) is 5.26 Å². The standard InChI is InChI=1S/C33H25Cl2F3N2O4/c1-2-42-30-16-22(11-12-29(30)43-19-21-7-4-3-5-8-21)20-44-31-27(34)14-23(15-28(31)35)13-24(18-39)32(41)40-26-10-6-9-25(17-26)33(36,37)38/h3-17H,2,19-20H2,1H3,(H,40,41)/b24-13+. The Kier molecular flexibility index (Phi) is 10.8. The Morgan fingerprint density at radius 3 is 2.23 bits per heavy atom. The molecule has 1 amide bonds. The highest BCUT2D eigenvalue weighted by Crippen LogP contribution is 2.37. The van der Waals surface area contributed by atoms with Crippen LogP contribution in [0.5, 0.6) is 17.2 Å². The van der Waals surface area contributed by atoms with Crippen molar-refractivity contribution in [3.05, 3.63) is 123 Å². The van der Waals surface area contributed by atoms with Gasteiger partial charge in [-0.05, 0) is 72.2 Å². The Balaban J connectivity index is 1.45. The molecule has 0 fully saturated rings. The van der Waals surface area contributed by atoms with Crippen LogP contribution in [0.15, 0.2) is 90.5 Å². The average molecular weight is 641 g/mol. The molecule has 0 aromatic heterocycles. The minimum absolute atomic E-state index is 0.0938. The number of benzene rings is 4. The third kappa shape index (κ3) is 8.69. The summed E-state index contributed by atoms with van der Waals surface area (Å²) in [4.78, 5) is 12.6. The van der Waals surface area contributed by atoms with Crippen LogP contribution < -0.4 is 19.5 Å². The van der Waals surface area contributed by atoms with E-state index in [2.05, 4.69) is 5.32 Å².